The number of hydrogen-bond acceptors (Lipinski definition) is 2. The highest BCUT2D eigenvalue weighted by Gasteiger charge is 2.40. The standard InChI is InChI=1S/C26H15BO2/c1-3-8-18-16(6-1)12-14-20-25(18)28-22-10-5-11-23-24(22)27(20)21-15-13-17-7-2-4-9-19(17)26(21)29-23/h1-15H. The Balaban J connectivity index is 1.60. The Morgan fingerprint density at radius 2 is 1.00 bits per heavy atom. The van der Waals surface area contributed by atoms with Crippen molar-refractivity contribution in [1.29, 1.82) is 0 Å². The monoisotopic (exact) mass is 370 g/mol. The number of benzene rings is 5. The van der Waals surface area contributed by atoms with Gasteiger partial charge in [-0.3, -0.25) is 0 Å². The molecule has 29 heavy (non-hydrogen) atoms. The van der Waals surface area contributed by atoms with Gasteiger partial charge in [-0.2, -0.15) is 0 Å². The number of ether oxygens (including phenoxy) is 2. The van der Waals surface area contributed by atoms with Gasteiger partial charge in [0.05, 0.1) is 0 Å². The summed E-state index contributed by atoms with van der Waals surface area (Å²) < 4.78 is 12.9. The fourth-order valence-electron chi connectivity index (χ4n) is 4.89. The van der Waals surface area contributed by atoms with E-state index in [2.05, 4.69) is 72.8 Å². The summed E-state index contributed by atoms with van der Waals surface area (Å²) >= 11 is 0. The predicted octanol–water partition coefficient (Wildman–Crippen LogP) is 4.72. The molecule has 0 fully saturated rings. The fraction of sp³-hybridized carbons (Fsp3) is 0. The molecule has 0 N–H and O–H groups in total. The largest absolute Gasteiger partial charge is 0.458 e. The van der Waals surface area contributed by atoms with Crippen LogP contribution >= 0.6 is 0 Å². The Morgan fingerprint density at radius 1 is 0.483 bits per heavy atom. The van der Waals surface area contributed by atoms with Gasteiger partial charge in [0.15, 0.2) is 0 Å². The molecule has 7 rings (SSSR count). The summed E-state index contributed by atoms with van der Waals surface area (Å²) in [6, 6.07) is 31.8. The van der Waals surface area contributed by atoms with Gasteiger partial charge >= 0.3 is 0 Å². The molecule has 0 saturated heterocycles. The smallest absolute Gasteiger partial charge is 0.260 e. The third-order valence-electron chi connectivity index (χ3n) is 6.18. The third kappa shape index (κ3) is 1.97. The van der Waals surface area contributed by atoms with Gasteiger partial charge in [0.2, 0.25) is 0 Å². The maximum atomic E-state index is 6.46. The van der Waals surface area contributed by atoms with Crippen molar-refractivity contribution in [3.63, 3.8) is 0 Å². The second-order valence-electron chi connectivity index (χ2n) is 7.72. The van der Waals surface area contributed by atoms with Gasteiger partial charge in [-0.15, -0.1) is 0 Å². The Morgan fingerprint density at radius 3 is 1.55 bits per heavy atom. The van der Waals surface area contributed by atoms with E-state index >= 15 is 0 Å². The van der Waals surface area contributed by atoms with Gasteiger partial charge in [0.1, 0.15) is 23.0 Å². The molecule has 2 heterocycles. The predicted molar refractivity (Wildman–Crippen MR) is 119 cm³/mol. The molecular weight excluding hydrogens is 355 g/mol. The molecule has 2 aliphatic rings. The van der Waals surface area contributed by atoms with Crippen LogP contribution in [0.4, 0.5) is 0 Å². The first-order chi connectivity index (χ1) is 14.4. The highest BCUT2D eigenvalue weighted by atomic mass is 16.5. The molecule has 0 spiro atoms. The highest BCUT2D eigenvalue weighted by Crippen LogP contribution is 2.39. The normalized spacial score (nSPS) is 13.3. The van der Waals surface area contributed by atoms with E-state index in [1.165, 1.54) is 21.7 Å². The minimum atomic E-state index is 0.0999. The first-order valence-corrected chi connectivity index (χ1v) is 9.90. The van der Waals surface area contributed by atoms with E-state index in [9.17, 15) is 0 Å². The molecular formula is C26H15BO2. The first-order valence-electron chi connectivity index (χ1n) is 9.90. The lowest BCUT2D eigenvalue weighted by Crippen LogP contribution is -2.57. The van der Waals surface area contributed by atoms with Gasteiger partial charge in [0.25, 0.3) is 6.71 Å². The molecule has 2 aliphatic heterocycles. The molecule has 0 saturated carbocycles. The minimum absolute atomic E-state index is 0.0999. The van der Waals surface area contributed by atoms with Gasteiger partial charge in [-0.1, -0.05) is 78.9 Å². The van der Waals surface area contributed by atoms with Crippen LogP contribution in [0.1, 0.15) is 0 Å². The Kier molecular flexibility index (Phi) is 2.85. The molecule has 3 heteroatoms. The van der Waals surface area contributed by atoms with E-state index in [4.69, 9.17) is 9.47 Å². The topological polar surface area (TPSA) is 18.5 Å². The lowest BCUT2D eigenvalue weighted by Gasteiger charge is -2.33. The van der Waals surface area contributed by atoms with Crippen LogP contribution in [0.2, 0.25) is 0 Å². The van der Waals surface area contributed by atoms with Crippen molar-refractivity contribution in [2.45, 2.75) is 0 Å². The average molecular weight is 370 g/mol. The van der Waals surface area contributed by atoms with Crippen molar-refractivity contribution < 1.29 is 9.47 Å². The van der Waals surface area contributed by atoms with Crippen molar-refractivity contribution in [2.24, 2.45) is 0 Å². The number of hydrogen-bond donors (Lipinski definition) is 0. The van der Waals surface area contributed by atoms with Crippen LogP contribution in [-0.4, -0.2) is 6.71 Å². The molecule has 0 aromatic heterocycles. The summed E-state index contributed by atoms with van der Waals surface area (Å²) in [5, 5.41) is 4.68. The molecule has 0 aliphatic carbocycles. The SMILES string of the molecule is c1cc2c3c(c1)Oc1c(ccc4ccccc14)B3c1ccc3ccccc3c1O2. The molecule has 0 radical (unpaired) electrons. The van der Waals surface area contributed by atoms with Crippen LogP contribution in [0, 0.1) is 0 Å². The van der Waals surface area contributed by atoms with Crippen molar-refractivity contribution in [3.05, 3.63) is 91.0 Å². The van der Waals surface area contributed by atoms with Crippen molar-refractivity contribution >= 4 is 44.6 Å². The van der Waals surface area contributed by atoms with Crippen molar-refractivity contribution in [1.82, 2.24) is 0 Å². The maximum Gasteiger partial charge on any atom is 0.260 e. The van der Waals surface area contributed by atoms with Gasteiger partial charge < -0.3 is 9.47 Å². The summed E-state index contributed by atoms with van der Waals surface area (Å²) in [7, 11) is 0. The molecule has 0 unspecified atom stereocenters. The van der Waals surface area contributed by atoms with E-state index in [0.29, 0.717) is 0 Å². The third-order valence-corrected chi connectivity index (χ3v) is 6.18. The highest BCUT2D eigenvalue weighted by molar-refractivity contribution is 6.98. The quantitative estimate of drug-likeness (QED) is 0.360. The van der Waals surface area contributed by atoms with E-state index < -0.39 is 0 Å². The van der Waals surface area contributed by atoms with E-state index in [0.717, 1.165) is 39.2 Å². The molecule has 0 bridgehead atoms. The van der Waals surface area contributed by atoms with E-state index in [1.807, 2.05) is 18.2 Å². The Hall–Kier alpha value is -3.72. The van der Waals surface area contributed by atoms with Crippen LogP contribution in [0.25, 0.3) is 21.5 Å². The molecule has 134 valence electrons. The molecule has 5 aromatic rings. The van der Waals surface area contributed by atoms with Crippen LogP contribution in [0.15, 0.2) is 91.0 Å². The van der Waals surface area contributed by atoms with Crippen molar-refractivity contribution in [2.75, 3.05) is 0 Å². The zero-order valence-electron chi connectivity index (χ0n) is 15.6. The number of rotatable bonds is 0. The maximum absolute atomic E-state index is 6.46. The van der Waals surface area contributed by atoms with Crippen LogP contribution < -0.4 is 25.9 Å². The second kappa shape index (κ2) is 5.42. The van der Waals surface area contributed by atoms with Crippen LogP contribution in [-0.2, 0) is 0 Å². The summed E-state index contributed by atoms with van der Waals surface area (Å²) in [4.78, 5) is 0. The average Bonchev–Trinajstić information content (AvgIpc) is 2.79. The first kappa shape index (κ1) is 15.2. The zero-order valence-corrected chi connectivity index (χ0v) is 15.6. The zero-order chi connectivity index (χ0) is 18.9. The lowest BCUT2D eigenvalue weighted by molar-refractivity contribution is 0.470. The molecule has 2 nitrogen and oxygen atoms in total. The fourth-order valence-corrected chi connectivity index (χ4v) is 4.89. The minimum Gasteiger partial charge on any atom is -0.458 e. The lowest BCUT2D eigenvalue weighted by atomic mass is 9.34. The van der Waals surface area contributed by atoms with Gasteiger partial charge in [0, 0.05) is 16.2 Å². The van der Waals surface area contributed by atoms with Crippen LogP contribution in [0.3, 0.4) is 0 Å². The Bertz CT molecular complexity index is 1360. The molecule has 0 amide bonds. The van der Waals surface area contributed by atoms with Gasteiger partial charge in [-0.05, 0) is 33.8 Å². The molecule has 5 aromatic carbocycles. The Labute approximate surface area is 168 Å². The summed E-state index contributed by atoms with van der Waals surface area (Å²) in [5.41, 5.74) is 3.52. The summed E-state index contributed by atoms with van der Waals surface area (Å²) in [6.07, 6.45) is 0. The molecule has 0 atom stereocenters. The van der Waals surface area contributed by atoms with Crippen LogP contribution in [0.5, 0.6) is 23.0 Å². The summed E-state index contributed by atoms with van der Waals surface area (Å²) in [6.45, 7) is 0.0999. The van der Waals surface area contributed by atoms with Crippen molar-refractivity contribution in [3.8, 4) is 23.0 Å². The number of fused-ring (bicyclic) bond motifs is 8. The van der Waals surface area contributed by atoms with Gasteiger partial charge in [-0.25, -0.2) is 0 Å². The van der Waals surface area contributed by atoms with E-state index in [1.54, 1.807) is 0 Å². The second-order valence-corrected chi connectivity index (χ2v) is 7.72. The summed E-state index contributed by atoms with van der Waals surface area (Å²) in [5.74, 6) is 3.68. The van der Waals surface area contributed by atoms with E-state index in [-0.39, 0.29) is 6.71 Å².